The van der Waals surface area contributed by atoms with Crippen LogP contribution < -0.4 is 5.32 Å². The van der Waals surface area contributed by atoms with Crippen molar-refractivity contribution in [2.45, 2.75) is 59.0 Å². The molecule has 0 radical (unpaired) electrons. The summed E-state index contributed by atoms with van der Waals surface area (Å²) in [6.45, 7) is 9.82. The quantitative estimate of drug-likeness (QED) is 0.688. The second-order valence-corrected chi connectivity index (χ2v) is 5.62. The summed E-state index contributed by atoms with van der Waals surface area (Å²) in [6, 6.07) is -0.702. The maximum Gasteiger partial charge on any atom is 0.246 e. The number of carbonyl (C=O) groups excluding carboxylic acids is 2. The lowest BCUT2D eigenvalue weighted by molar-refractivity contribution is -0.151. The van der Waals surface area contributed by atoms with Crippen molar-refractivity contribution in [3.8, 4) is 0 Å². The molecular weight excluding hydrogens is 256 g/mol. The van der Waals surface area contributed by atoms with Crippen LogP contribution in [-0.4, -0.2) is 48.6 Å². The van der Waals surface area contributed by atoms with Gasteiger partial charge in [-0.25, -0.2) is 0 Å². The van der Waals surface area contributed by atoms with Crippen LogP contribution in [0, 0.1) is 5.92 Å². The Labute approximate surface area is 122 Å². The van der Waals surface area contributed by atoms with Gasteiger partial charge in [0.25, 0.3) is 0 Å². The summed E-state index contributed by atoms with van der Waals surface area (Å²) in [5.41, 5.74) is 0. The minimum Gasteiger partial charge on any atom is -0.382 e. The van der Waals surface area contributed by atoms with Gasteiger partial charge in [-0.1, -0.05) is 27.2 Å². The number of nitrogens with zero attached hydrogens (tertiary/aromatic N) is 1. The van der Waals surface area contributed by atoms with E-state index in [-0.39, 0.29) is 29.8 Å². The van der Waals surface area contributed by atoms with Crippen LogP contribution in [0.15, 0.2) is 0 Å². The van der Waals surface area contributed by atoms with Crippen LogP contribution in [-0.2, 0) is 14.3 Å². The van der Waals surface area contributed by atoms with Crippen LogP contribution in [0.4, 0.5) is 0 Å². The third-order valence-corrected chi connectivity index (χ3v) is 3.65. The molecule has 1 rings (SSSR count). The fourth-order valence-electron chi connectivity index (χ4n) is 2.54. The molecule has 5 heteroatoms. The largest absolute Gasteiger partial charge is 0.382 e. The zero-order valence-corrected chi connectivity index (χ0v) is 13.1. The van der Waals surface area contributed by atoms with Gasteiger partial charge in [-0.2, -0.15) is 0 Å². The highest BCUT2D eigenvalue weighted by atomic mass is 16.5. The topological polar surface area (TPSA) is 58.6 Å². The highest BCUT2D eigenvalue weighted by Gasteiger charge is 2.40. The molecule has 1 heterocycles. The summed E-state index contributed by atoms with van der Waals surface area (Å²) in [6.07, 6.45) is 2.38. The van der Waals surface area contributed by atoms with E-state index in [1.165, 1.54) is 0 Å². The van der Waals surface area contributed by atoms with E-state index in [1.807, 2.05) is 27.7 Å². The van der Waals surface area contributed by atoms with Gasteiger partial charge in [-0.05, 0) is 25.7 Å². The van der Waals surface area contributed by atoms with Gasteiger partial charge < -0.3 is 15.0 Å². The molecule has 0 aliphatic carbocycles. The van der Waals surface area contributed by atoms with Crippen LogP contribution in [0.5, 0.6) is 0 Å². The lowest BCUT2D eigenvalue weighted by atomic mass is 9.96. The summed E-state index contributed by atoms with van der Waals surface area (Å²) < 4.78 is 5.32. The van der Waals surface area contributed by atoms with E-state index in [0.717, 1.165) is 19.3 Å². The van der Waals surface area contributed by atoms with Crippen molar-refractivity contribution in [2.24, 2.45) is 5.92 Å². The van der Waals surface area contributed by atoms with E-state index in [1.54, 1.807) is 4.90 Å². The second kappa shape index (κ2) is 8.25. The Kier molecular flexibility index (Phi) is 6.99. The Hall–Kier alpha value is -1.10. The van der Waals surface area contributed by atoms with Crippen molar-refractivity contribution in [3.63, 3.8) is 0 Å². The molecule has 0 aromatic carbocycles. The average Bonchev–Trinajstić information content (AvgIpc) is 2.40. The third-order valence-electron chi connectivity index (χ3n) is 3.65. The van der Waals surface area contributed by atoms with E-state index >= 15 is 0 Å². The molecule has 1 aliphatic heterocycles. The first-order valence-electron chi connectivity index (χ1n) is 7.71. The van der Waals surface area contributed by atoms with Gasteiger partial charge in [0, 0.05) is 19.8 Å². The smallest absolute Gasteiger partial charge is 0.246 e. The number of carbonyl (C=O) groups is 2. The molecule has 116 valence electrons. The first-order chi connectivity index (χ1) is 9.52. The van der Waals surface area contributed by atoms with E-state index in [4.69, 9.17) is 4.74 Å². The molecule has 5 nitrogen and oxygen atoms in total. The Bertz CT molecular complexity index is 331. The fourth-order valence-corrected chi connectivity index (χ4v) is 2.54. The zero-order valence-electron chi connectivity index (χ0n) is 13.1. The van der Waals surface area contributed by atoms with Crippen molar-refractivity contribution in [2.75, 3.05) is 19.8 Å². The molecule has 2 unspecified atom stereocenters. The Morgan fingerprint density at radius 3 is 2.55 bits per heavy atom. The SMILES string of the molecule is CCCC1C(=O)NC(C(C)C)C(=O)N1CCCOCC. The minimum atomic E-state index is -0.386. The molecule has 1 aliphatic rings. The van der Waals surface area contributed by atoms with Crippen molar-refractivity contribution in [1.29, 1.82) is 0 Å². The number of hydrogen-bond donors (Lipinski definition) is 1. The number of hydrogen-bond acceptors (Lipinski definition) is 3. The number of amides is 2. The van der Waals surface area contributed by atoms with E-state index in [9.17, 15) is 9.59 Å². The third kappa shape index (κ3) is 4.20. The van der Waals surface area contributed by atoms with Gasteiger partial charge in [0.05, 0.1) is 0 Å². The monoisotopic (exact) mass is 284 g/mol. The summed E-state index contributed by atoms with van der Waals surface area (Å²) in [7, 11) is 0. The predicted octanol–water partition coefficient (Wildman–Crippen LogP) is 1.56. The van der Waals surface area contributed by atoms with Crippen molar-refractivity contribution in [3.05, 3.63) is 0 Å². The molecule has 0 bridgehead atoms. The van der Waals surface area contributed by atoms with Crippen LogP contribution in [0.2, 0.25) is 0 Å². The fraction of sp³-hybridized carbons (Fsp3) is 0.867. The maximum atomic E-state index is 12.5. The Morgan fingerprint density at radius 1 is 1.30 bits per heavy atom. The summed E-state index contributed by atoms with van der Waals surface area (Å²) in [4.78, 5) is 26.5. The van der Waals surface area contributed by atoms with E-state index in [2.05, 4.69) is 5.32 Å². The number of rotatable bonds is 8. The van der Waals surface area contributed by atoms with Crippen molar-refractivity contribution >= 4 is 11.8 Å². The highest BCUT2D eigenvalue weighted by molar-refractivity contribution is 5.97. The number of nitrogens with one attached hydrogen (secondary N) is 1. The van der Waals surface area contributed by atoms with Gasteiger partial charge in [-0.3, -0.25) is 9.59 Å². The van der Waals surface area contributed by atoms with Crippen LogP contribution >= 0.6 is 0 Å². The van der Waals surface area contributed by atoms with Crippen LogP contribution in [0.3, 0.4) is 0 Å². The maximum absolute atomic E-state index is 12.5. The number of piperazine rings is 1. The van der Waals surface area contributed by atoms with E-state index < -0.39 is 0 Å². The average molecular weight is 284 g/mol. The predicted molar refractivity (Wildman–Crippen MR) is 78.3 cm³/mol. The zero-order chi connectivity index (χ0) is 15.1. The van der Waals surface area contributed by atoms with E-state index in [0.29, 0.717) is 19.8 Å². The molecule has 1 saturated heterocycles. The van der Waals surface area contributed by atoms with Crippen molar-refractivity contribution in [1.82, 2.24) is 10.2 Å². The van der Waals surface area contributed by atoms with Crippen LogP contribution in [0.25, 0.3) is 0 Å². The highest BCUT2D eigenvalue weighted by Crippen LogP contribution is 2.19. The standard InChI is InChI=1S/C15H28N2O3/c1-5-8-12-14(18)16-13(11(3)4)15(19)17(12)9-7-10-20-6-2/h11-13H,5-10H2,1-4H3,(H,16,18). The normalized spacial score (nSPS) is 23.4. The second-order valence-electron chi connectivity index (χ2n) is 5.62. The minimum absolute atomic E-state index is 0.0124. The van der Waals surface area contributed by atoms with Gasteiger partial charge in [0.2, 0.25) is 11.8 Å². The van der Waals surface area contributed by atoms with Crippen LogP contribution in [0.1, 0.15) is 47.0 Å². The molecule has 0 saturated carbocycles. The molecule has 0 aromatic heterocycles. The summed E-state index contributed by atoms with van der Waals surface area (Å²) in [5.74, 6) is 0.152. The molecule has 20 heavy (non-hydrogen) atoms. The van der Waals surface area contributed by atoms with Gasteiger partial charge in [0.1, 0.15) is 12.1 Å². The first-order valence-corrected chi connectivity index (χ1v) is 7.71. The molecule has 1 N–H and O–H groups in total. The summed E-state index contributed by atoms with van der Waals surface area (Å²) >= 11 is 0. The van der Waals surface area contributed by atoms with Crippen molar-refractivity contribution < 1.29 is 14.3 Å². The number of ether oxygens (including phenoxy) is 1. The Balaban J connectivity index is 2.73. The molecule has 2 amide bonds. The van der Waals surface area contributed by atoms with Gasteiger partial charge in [0.15, 0.2) is 0 Å². The Morgan fingerprint density at radius 2 is 2.00 bits per heavy atom. The molecular formula is C15H28N2O3. The molecule has 0 spiro atoms. The van der Waals surface area contributed by atoms with Gasteiger partial charge in [-0.15, -0.1) is 0 Å². The summed E-state index contributed by atoms with van der Waals surface area (Å²) in [5, 5.41) is 2.87. The van der Waals surface area contributed by atoms with Gasteiger partial charge >= 0.3 is 0 Å². The first kappa shape index (κ1) is 17.0. The molecule has 1 fully saturated rings. The molecule has 2 atom stereocenters. The molecule has 0 aromatic rings. The lowest BCUT2D eigenvalue weighted by Gasteiger charge is -2.40. The lowest BCUT2D eigenvalue weighted by Crippen LogP contribution is -2.64.